The van der Waals surface area contributed by atoms with Gasteiger partial charge in [0.05, 0.1) is 5.75 Å². The first-order valence-electron chi connectivity index (χ1n) is 5.70. The maximum atomic E-state index is 11.6. The van der Waals surface area contributed by atoms with Crippen LogP contribution in [0.3, 0.4) is 0 Å². The van der Waals surface area contributed by atoms with Crippen LogP contribution in [0.5, 0.6) is 0 Å². The number of aromatic nitrogens is 1. The summed E-state index contributed by atoms with van der Waals surface area (Å²) in [5.41, 5.74) is 3.01. The Morgan fingerprint density at radius 2 is 2.11 bits per heavy atom. The van der Waals surface area contributed by atoms with E-state index in [0.717, 1.165) is 22.0 Å². The van der Waals surface area contributed by atoms with Crippen LogP contribution in [0.1, 0.15) is 18.1 Å². The van der Waals surface area contributed by atoms with E-state index in [1.165, 1.54) is 6.21 Å². The Morgan fingerprint density at radius 1 is 1.39 bits per heavy atom. The van der Waals surface area contributed by atoms with Crippen molar-refractivity contribution < 1.29 is 8.42 Å². The van der Waals surface area contributed by atoms with E-state index in [1.54, 1.807) is 6.92 Å². The van der Waals surface area contributed by atoms with Gasteiger partial charge >= 0.3 is 0 Å². The van der Waals surface area contributed by atoms with E-state index in [4.69, 9.17) is 0 Å². The fraction of sp³-hybridized carbons (Fsp3) is 0.308. The Balaban J connectivity index is 2.45. The molecular formula is C13H16N2O2S. The fourth-order valence-electron chi connectivity index (χ4n) is 2.13. The molecule has 0 unspecified atom stereocenters. The second kappa shape index (κ2) is 4.57. The van der Waals surface area contributed by atoms with E-state index >= 15 is 0 Å². The number of hydrogen-bond donors (Lipinski definition) is 0. The molecule has 0 saturated carbocycles. The van der Waals surface area contributed by atoms with Crippen LogP contribution in [0.15, 0.2) is 28.8 Å². The number of rotatable bonds is 3. The highest BCUT2D eigenvalue weighted by molar-refractivity contribution is 7.89. The molecular weight excluding hydrogens is 248 g/mol. The lowest BCUT2D eigenvalue weighted by Gasteiger charge is -2.02. The van der Waals surface area contributed by atoms with Crippen LogP contribution < -0.4 is 0 Å². The van der Waals surface area contributed by atoms with Crippen LogP contribution in [0.4, 0.5) is 0 Å². The average molecular weight is 264 g/mol. The summed E-state index contributed by atoms with van der Waals surface area (Å²) in [5.74, 6) is -0.0540. The molecule has 0 atom stereocenters. The molecule has 18 heavy (non-hydrogen) atoms. The number of benzene rings is 1. The van der Waals surface area contributed by atoms with Gasteiger partial charge in [0.2, 0.25) is 0 Å². The Labute approximate surface area is 107 Å². The van der Waals surface area contributed by atoms with Crippen molar-refractivity contribution in [2.75, 3.05) is 0 Å². The van der Waals surface area contributed by atoms with E-state index < -0.39 is 10.0 Å². The summed E-state index contributed by atoms with van der Waals surface area (Å²) in [6, 6.07) is 5.71. The number of fused-ring (bicyclic) bond motifs is 1. The molecule has 0 saturated heterocycles. The van der Waals surface area contributed by atoms with Crippen LogP contribution in [-0.4, -0.2) is 19.2 Å². The van der Waals surface area contributed by atoms with E-state index in [9.17, 15) is 8.42 Å². The summed E-state index contributed by atoms with van der Waals surface area (Å²) in [5, 5.41) is 1.09. The summed E-state index contributed by atoms with van der Waals surface area (Å²) in [6.07, 6.45) is 3.34. The smallest absolute Gasteiger partial charge is 0.256 e. The molecule has 4 nitrogen and oxygen atoms in total. The standard InChI is InChI=1S/C13H16N2O2S/c1-4-14-18(16,17)9-11-5-6-13-12(7-11)10(2)8-15(13)3/h4-8H,9H2,1-3H3/b14-4+. The number of nitrogens with zero attached hydrogens (tertiary/aromatic N) is 2. The summed E-state index contributed by atoms with van der Waals surface area (Å²) in [6.45, 7) is 3.62. The van der Waals surface area contributed by atoms with E-state index in [1.807, 2.05) is 42.9 Å². The van der Waals surface area contributed by atoms with Crippen molar-refractivity contribution in [3.8, 4) is 0 Å². The average Bonchev–Trinajstić information content (AvgIpc) is 2.53. The van der Waals surface area contributed by atoms with E-state index in [0.29, 0.717) is 0 Å². The lowest BCUT2D eigenvalue weighted by atomic mass is 10.1. The molecule has 96 valence electrons. The first-order valence-corrected chi connectivity index (χ1v) is 7.31. The molecule has 5 heteroatoms. The molecule has 2 aromatic rings. The maximum Gasteiger partial charge on any atom is 0.256 e. The third-order valence-corrected chi connectivity index (χ3v) is 4.10. The van der Waals surface area contributed by atoms with Gasteiger partial charge in [0.15, 0.2) is 0 Å². The Kier molecular flexibility index (Phi) is 3.26. The topological polar surface area (TPSA) is 51.4 Å². The normalized spacial score (nSPS) is 12.6. The van der Waals surface area contributed by atoms with Crippen molar-refractivity contribution in [1.29, 1.82) is 0 Å². The van der Waals surface area contributed by atoms with Crippen molar-refractivity contribution in [2.24, 2.45) is 11.4 Å². The molecule has 0 aliphatic rings. The summed E-state index contributed by atoms with van der Waals surface area (Å²) in [7, 11) is -1.42. The molecule has 2 rings (SSSR count). The van der Waals surface area contributed by atoms with Crippen molar-refractivity contribution in [3.05, 3.63) is 35.5 Å². The van der Waals surface area contributed by atoms with E-state index in [2.05, 4.69) is 4.40 Å². The SMILES string of the molecule is C/C=N/S(=O)(=O)Cc1ccc2c(c1)c(C)cn2C. The monoisotopic (exact) mass is 264 g/mol. The van der Waals surface area contributed by atoms with Crippen LogP contribution in [0, 0.1) is 6.92 Å². The zero-order chi connectivity index (χ0) is 13.3. The lowest BCUT2D eigenvalue weighted by Crippen LogP contribution is -2.00. The molecule has 0 amide bonds. The molecule has 0 radical (unpaired) electrons. The number of aryl methyl sites for hydroxylation is 2. The third kappa shape index (κ3) is 2.46. The van der Waals surface area contributed by atoms with Crippen LogP contribution >= 0.6 is 0 Å². The van der Waals surface area contributed by atoms with Gasteiger partial charge in [-0.2, -0.15) is 4.40 Å². The van der Waals surface area contributed by atoms with Crippen LogP contribution in [0.25, 0.3) is 10.9 Å². The summed E-state index contributed by atoms with van der Waals surface area (Å²) >= 11 is 0. The molecule has 0 fully saturated rings. The van der Waals surface area contributed by atoms with Gasteiger partial charge in [0.25, 0.3) is 10.0 Å². The molecule has 0 aliphatic heterocycles. The maximum absolute atomic E-state index is 11.6. The van der Waals surface area contributed by atoms with Gasteiger partial charge in [-0.25, -0.2) is 8.42 Å². The molecule has 1 aromatic carbocycles. The van der Waals surface area contributed by atoms with Crippen LogP contribution in [0.2, 0.25) is 0 Å². The minimum absolute atomic E-state index is 0.0540. The van der Waals surface area contributed by atoms with Gasteiger partial charge in [0.1, 0.15) is 0 Å². The Bertz CT molecular complexity index is 712. The van der Waals surface area contributed by atoms with Crippen molar-refractivity contribution >= 4 is 27.1 Å². The zero-order valence-electron chi connectivity index (χ0n) is 10.7. The predicted octanol–water partition coefficient (Wildman–Crippen LogP) is 2.41. The molecule has 0 aliphatic carbocycles. The molecule has 0 bridgehead atoms. The predicted molar refractivity (Wildman–Crippen MR) is 74.4 cm³/mol. The zero-order valence-corrected chi connectivity index (χ0v) is 11.5. The summed E-state index contributed by atoms with van der Waals surface area (Å²) in [4.78, 5) is 0. The minimum Gasteiger partial charge on any atom is -0.350 e. The Hall–Kier alpha value is -1.62. The molecule has 0 N–H and O–H groups in total. The first kappa shape index (κ1) is 12.8. The summed E-state index contributed by atoms with van der Waals surface area (Å²) < 4.78 is 28.8. The van der Waals surface area contributed by atoms with Crippen molar-refractivity contribution in [2.45, 2.75) is 19.6 Å². The Morgan fingerprint density at radius 3 is 2.78 bits per heavy atom. The minimum atomic E-state index is -3.40. The number of sulfonamides is 1. The highest BCUT2D eigenvalue weighted by Gasteiger charge is 2.10. The molecule has 0 spiro atoms. The quantitative estimate of drug-likeness (QED) is 0.799. The van der Waals surface area contributed by atoms with Gasteiger partial charge in [-0.15, -0.1) is 0 Å². The number of hydrogen-bond acceptors (Lipinski definition) is 2. The first-order chi connectivity index (χ1) is 8.43. The van der Waals surface area contributed by atoms with Crippen molar-refractivity contribution in [3.63, 3.8) is 0 Å². The van der Waals surface area contributed by atoms with E-state index in [-0.39, 0.29) is 5.75 Å². The largest absolute Gasteiger partial charge is 0.350 e. The van der Waals surface area contributed by atoms with Gasteiger partial charge < -0.3 is 4.57 Å². The van der Waals surface area contributed by atoms with Gasteiger partial charge in [0, 0.05) is 30.4 Å². The van der Waals surface area contributed by atoms with Crippen LogP contribution in [-0.2, 0) is 22.8 Å². The van der Waals surface area contributed by atoms with Gasteiger partial charge in [-0.05, 0) is 37.1 Å². The highest BCUT2D eigenvalue weighted by atomic mass is 32.2. The van der Waals surface area contributed by atoms with Gasteiger partial charge in [-0.3, -0.25) is 0 Å². The van der Waals surface area contributed by atoms with Gasteiger partial charge in [-0.1, -0.05) is 6.07 Å². The molecule has 1 heterocycles. The highest BCUT2D eigenvalue weighted by Crippen LogP contribution is 2.22. The van der Waals surface area contributed by atoms with Crippen molar-refractivity contribution in [1.82, 2.24) is 4.57 Å². The molecule has 1 aromatic heterocycles. The lowest BCUT2D eigenvalue weighted by molar-refractivity contribution is 0.597. The fourth-order valence-corrected chi connectivity index (χ4v) is 3.13. The second-order valence-corrected chi connectivity index (χ2v) is 6.03. The second-order valence-electron chi connectivity index (χ2n) is 4.36. The third-order valence-electron chi connectivity index (χ3n) is 2.87.